The van der Waals surface area contributed by atoms with E-state index in [0.29, 0.717) is 5.56 Å². The van der Waals surface area contributed by atoms with Gasteiger partial charge in [-0.1, -0.05) is 23.9 Å². The Labute approximate surface area is 159 Å². The minimum absolute atomic E-state index is 0.0226. The molecule has 0 bridgehead atoms. The van der Waals surface area contributed by atoms with Crippen LogP contribution in [-0.2, 0) is 4.79 Å². The van der Waals surface area contributed by atoms with E-state index in [1.54, 1.807) is 17.2 Å². The largest absolute Gasteiger partial charge is 0.343 e. The molecule has 25 heavy (non-hydrogen) atoms. The van der Waals surface area contributed by atoms with Crippen LogP contribution in [0.15, 0.2) is 57.0 Å². The van der Waals surface area contributed by atoms with Gasteiger partial charge < -0.3 is 10.2 Å². The molecule has 1 N–H and O–H groups in total. The summed E-state index contributed by atoms with van der Waals surface area (Å²) in [6, 6.07) is 11.1. The number of carbonyl (C=O) groups is 2. The second-order valence-corrected chi connectivity index (χ2v) is 7.66. The maximum atomic E-state index is 12.5. The zero-order valence-corrected chi connectivity index (χ0v) is 16.0. The van der Waals surface area contributed by atoms with Crippen LogP contribution in [0.4, 0.5) is 0 Å². The van der Waals surface area contributed by atoms with Gasteiger partial charge in [-0.25, -0.2) is 4.98 Å². The molecule has 1 aromatic carbocycles. The molecule has 2 heterocycles. The lowest BCUT2D eigenvalue weighted by molar-refractivity contribution is -0.129. The van der Waals surface area contributed by atoms with Gasteiger partial charge in [-0.3, -0.25) is 9.59 Å². The van der Waals surface area contributed by atoms with E-state index in [0.717, 1.165) is 40.3 Å². The van der Waals surface area contributed by atoms with Gasteiger partial charge in [0.1, 0.15) is 5.03 Å². The number of aromatic nitrogens is 1. The first-order valence-electron chi connectivity index (χ1n) is 8.08. The molecular weight excluding hydrogens is 402 g/mol. The fraction of sp³-hybridized carbons (Fsp3) is 0.278. The summed E-state index contributed by atoms with van der Waals surface area (Å²) in [6.07, 6.45) is 3.80. The molecule has 130 valence electrons. The molecule has 0 unspecified atom stereocenters. The van der Waals surface area contributed by atoms with Gasteiger partial charge in [0.25, 0.3) is 5.91 Å². The minimum Gasteiger partial charge on any atom is -0.343 e. The van der Waals surface area contributed by atoms with Crippen molar-refractivity contribution >= 4 is 39.5 Å². The van der Waals surface area contributed by atoms with Crippen molar-refractivity contribution in [2.75, 3.05) is 19.6 Å². The topological polar surface area (TPSA) is 62.3 Å². The van der Waals surface area contributed by atoms with E-state index in [9.17, 15) is 9.59 Å². The Balaban J connectivity index is 1.65. The average molecular weight is 420 g/mol. The van der Waals surface area contributed by atoms with Crippen LogP contribution in [0.5, 0.6) is 0 Å². The highest BCUT2D eigenvalue weighted by atomic mass is 79.9. The summed E-state index contributed by atoms with van der Waals surface area (Å²) < 4.78 is 0.906. The lowest BCUT2D eigenvalue weighted by Crippen LogP contribution is -2.38. The van der Waals surface area contributed by atoms with Crippen molar-refractivity contribution in [3.63, 3.8) is 0 Å². The smallest absolute Gasteiger partial charge is 0.252 e. The second-order valence-electron chi connectivity index (χ2n) is 5.68. The highest BCUT2D eigenvalue weighted by molar-refractivity contribution is 9.10. The van der Waals surface area contributed by atoms with Crippen LogP contribution in [0.25, 0.3) is 0 Å². The number of nitrogens with one attached hydrogen (secondary N) is 1. The predicted octanol–water partition coefficient (Wildman–Crippen LogP) is 3.35. The minimum atomic E-state index is -0.243. The van der Waals surface area contributed by atoms with Gasteiger partial charge in [0.15, 0.2) is 0 Å². The first-order chi connectivity index (χ1) is 12.1. The number of hydrogen-bond donors (Lipinski definition) is 1. The van der Waals surface area contributed by atoms with Crippen molar-refractivity contribution < 1.29 is 9.59 Å². The second kappa shape index (κ2) is 8.49. The normalized spacial score (nSPS) is 13.7. The summed E-state index contributed by atoms with van der Waals surface area (Å²) in [7, 11) is 0. The molecule has 1 fully saturated rings. The maximum absolute atomic E-state index is 12.5. The molecule has 2 amide bonds. The molecule has 1 aliphatic heterocycles. The molecule has 0 radical (unpaired) electrons. The monoisotopic (exact) mass is 419 g/mol. The third-order valence-corrected chi connectivity index (χ3v) is 5.40. The molecule has 1 saturated heterocycles. The Hall–Kier alpha value is -1.86. The van der Waals surface area contributed by atoms with Gasteiger partial charge in [0.2, 0.25) is 5.91 Å². The van der Waals surface area contributed by atoms with Gasteiger partial charge >= 0.3 is 0 Å². The van der Waals surface area contributed by atoms with Crippen LogP contribution < -0.4 is 5.32 Å². The number of benzene rings is 1. The van der Waals surface area contributed by atoms with Crippen molar-refractivity contribution in [1.29, 1.82) is 0 Å². The maximum Gasteiger partial charge on any atom is 0.252 e. The van der Waals surface area contributed by atoms with Gasteiger partial charge in [-0.05, 0) is 53.0 Å². The zero-order chi connectivity index (χ0) is 17.6. The van der Waals surface area contributed by atoms with E-state index in [4.69, 9.17) is 0 Å². The number of rotatable bonds is 5. The number of likely N-dealkylation sites (tertiary alicyclic amines) is 1. The lowest BCUT2D eigenvalue weighted by Gasteiger charge is -2.16. The van der Waals surface area contributed by atoms with Crippen LogP contribution in [0, 0.1) is 0 Å². The summed E-state index contributed by atoms with van der Waals surface area (Å²) in [6.45, 7) is 1.61. The summed E-state index contributed by atoms with van der Waals surface area (Å²) in [4.78, 5) is 31.5. The van der Waals surface area contributed by atoms with Gasteiger partial charge in [-0.2, -0.15) is 0 Å². The van der Waals surface area contributed by atoms with Gasteiger partial charge in [-0.15, -0.1) is 0 Å². The van der Waals surface area contributed by atoms with Crippen molar-refractivity contribution in [3.8, 4) is 0 Å². The highest BCUT2D eigenvalue weighted by Crippen LogP contribution is 2.29. The van der Waals surface area contributed by atoms with Crippen LogP contribution in [0.3, 0.4) is 0 Å². The summed E-state index contributed by atoms with van der Waals surface area (Å²) in [5, 5.41) is 3.54. The number of nitrogens with zero attached hydrogens (tertiary/aromatic N) is 2. The van der Waals surface area contributed by atoms with Crippen LogP contribution in [0.2, 0.25) is 0 Å². The molecule has 0 atom stereocenters. The summed E-state index contributed by atoms with van der Waals surface area (Å²) in [5.41, 5.74) is 0.548. The Morgan fingerprint density at radius 3 is 2.64 bits per heavy atom. The molecule has 5 nitrogen and oxygen atoms in total. The first kappa shape index (κ1) is 17.9. The Morgan fingerprint density at radius 2 is 1.92 bits per heavy atom. The molecule has 0 saturated carbocycles. The van der Waals surface area contributed by atoms with Crippen molar-refractivity contribution in [2.45, 2.75) is 22.8 Å². The molecule has 0 spiro atoms. The predicted molar refractivity (Wildman–Crippen MR) is 101 cm³/mol. The van der Waals surface area contributed by atoms with E-state index in [1.807, 2.05) is 30.3 Å². The van der Waals surface area contributed by atoms with E-state index in [-0.39, 0.29) is 18.4 Å². The molecular formula is C18H18BrN3O2S. The summed E-state index contributed by atoms with van der Waals surface area (Å²) >= 11 is 4.78. The fourth-order valence-corrected chi connectivity index (χ4v) is 3.73. The zero-order valence-electron chi connectivity index (χ0n) is 13.6. The lowest BCUT2D eigenvalue weighted by atomic mass is 10.2. The fourth-order valence-electron chi connectivity index (χ4n) is 2.61. The standard InChI is InChI=1S/C18H18BrN3O2S/c19-13-7-8-16(20-11-13)25-15-6-2-1-5-14(15)18(24)21-12-17(23)22-9-3-4-10-22/h1-2,5-8,11H,3-4,9-10,12H2,(H,21,24). The molecule has 3 rings (SSSR count). The Kier molecular flexibility index (Phi) is 6.09. The SMILES string of the molecule is O=C(NCC(=O)N1CCCC1)c1ccccc1Sc1ccc(Br)cn1. The molecule has 1 aliphatic rings. The Bertz CT molecular complexity index is 761. The molecule has 7 heteroatoms. The summed E-state index contributed by atoms with van der Waals surface area (Å²) in [5.74, 6) is -0.265. The van der Waals surface area contributed by atoms with Crippen LogP contribution in [0.1, 0.15) is 23.2 Å². The number of hydrogen-bond acceptors (Lipinski definition) is 4. The molecule has 0 aliphatic carbocycles. The average Bonchev–Trinajstić information content (AvgIpc) is 3.16. The number of amides is 2. The van der Waals surface area contributed by atoms with Crippen LogP contribution >= 0.6 is 27.7 Å². The van der Waals surface area contributed by atoms with E-state index in [1.165, 1.54) is 11.8 Å². The van der Waals surface area contributed by atoms with Gasteiger partial charge in [0, 0.05) is 28.7 Å². The number of halogens is 1. The molecule has 2 aromatic rings. The van der Waals surface area contributed by atoms with Crippen molar-refractivity contribution in [3.05, 3.63) is 52.6 Å². The third-order valence-electron chi connectivity index (χ3n) is 3.91. The number of carbonyl (C=O) groups excluding carboxylic acids is 2. The van der Waals surface area contributed by atoms with E-state index < -0.39 is 0 Å². The quantitative estimate of drug-likeness (QED) is 0.806. The van der Waals surface area contributed by atoms with E-state index in [2.05, 4.69) is 26.2 Å². The van der Waals surface area contributed by atoms with Crippen molar-refractivity contribution in [1.82, 2.24) is 15.2 Å². The first-order valence-corrected chi connectivity index (χ1v) is 9.69. The highest BCUT2D eigenvalue weighted by Gasteiger charge is 2.19. The number of pyridine rings is 1. The molecule has 1 aromatic heterocycles. The Morgan fingerprint density at radius 1 is 1.16 bits per heavy atom. The van der Waals surface area contributed by atoms with Crippen LogP contribution in [-0.4, -0.2) is 41.3 Å². The van der Waals surface area contributed by atoms with Gasteiger partial charge in [0.05, 0.1) is 12.1 Å². The van der Waals surface area contributed by atoms with Crippen molar-refractivity contribution in [2.24, 2.45) is 0 Å². The third kappa shape index (κ3) is 4.83. The van der Waals surface area contributed by atoms with E-state index >= 15 is 0 Å².